The highest BCUT2D eigenvalue weighted by Crippen LogP contribution is 2.20. The van der Waals surface area contributed by atoms with E-state index in [4.69, 9.17) is 10.1 Å². The monoisotopic (exact) mass is 354 g/mol. The van der Waals surface area contributed by atoms with Crippen molar-refractivity contribution in [3.63, 3.8) is 0 Å². The van der Waals surface area contributed by atoms with Gasteiger partial charge in [0.1, 0.15) is 0 Å². The zero-order valence-corrected chi connectivity index (χ0v) is 14.9. The summed E-state index contributed by atoms with van der Waals surface area (Å²) in [6.45, 7) is 0.758. The summed E-state index contributed by atoms with van der Waals surface area (Å²) >= 11 is 1.62. The van der Waals surface area contributed by atoms with Crippen LogP contribution >= 0.6 is 11.8 Å². The van der Waals surface area contributed by atoms with Gasteiger partial charge in [0.2, 0.25) is 0 Å². The van der Waals surface area contributed by atoms with E-state index in [-0.39, 0.29) is 12.2 Å². The molecule has 0 saturated carbocycles. The minimum absolute atomic E-state index is 0.00677. The van der Waals surface area contributed by atoms with Gasteiger partial charge in [0, 0.05) is 12.4 Å². The molecule has 25 heavy (non-hydrogen) atoms. The minimum atomic E-state index is 0.00677. The van der Waals surface area contributed by atoms with Crippen LogP contribution in [-0.2, 0) is 6.54 Å². The largest absolute Gasteiger partial charge is 0.396 e. The van der Waals surface area contributed by atoms with Crippen LogP contribution in [0.1, 0.15) is 24.8 Å². The predicted octanol–water partition coefficient (Wildman–Crippen LogP) is 3.70. The van der Waals surface area contributed by atoms with E-state index in [0.29, 0.717) is 11.9 Å². The molecule has 3 rings (SSSR count). The third-order valence-electron chi connectivity index (χ3n) is 4.04. The molecule has 0 bridgehead atoms. The molecule has 0 atom stereocenters. The average Bonchev–Trinajstić information content (AvgIpc) is 2.65. The van der Waals surface area contributed by atoms with E-state index in [9.17, 15) is 4.79 Å². The van der Waals surface area contributed by atoms with E-state index in [1.165, 1.54) is 0 Å². The molecule has 2 aromatic carbocycles. The van der Waals surface area contributed by atoms with Crippen molar-refractivity contribution in [3.8, 4) is 0 Å². The second-order valence-electron chi connectivity index (χ2n) is 5.92. The number of aliphatic hydroxyl groups excluding tert-OH is 1. The van der Waals surface area contributed by atoms with Gasteiger partial charge < -0.3 is 5.11 Å². The fourth-order valence-electron chi connectivity index (χ4n) is 2.72. The van der Waals surface area contributed by atoms with Crippen LogP contribution in [0.4, 0.5) is 0 Å². The Morgan fingerprint density at radius 3 is 2.52 bits per heavy atom. The van der Waals surface area contributed by atoms with E-state index in [0.717, 1.165) is 41.3 Å². The van der Waals surface area contributed by atoms with Crippen molar-refractivity contribution in [1.82, 2.24) is 9.55 Å². The Labute approximate surface area is 151 Å². The SMILES string of the molecule is O=c1c2ccccc2nc(SCCCCCO)n1Cc1ccccc1. The molecule has 1 aromatic heterocycles. The molecule has 0 spiro atoms. The molecule has 1 N–H and O–H groups in total. The van der Waals surface area contributed by atoms with Gasteiger partial charge in [-0.15, -0.1) is 0 Å². The number of aromatic nitrogens is 2. The van der Waals surface area contributed by atoms with Crippen LogP contribution in [0.2, 0.25) is 0 Å². The van der Waals surface area contributed by atoms with Gasteiger partial charge >= 0.3 is 0 Å². The molecule has 0 amide bonds. The van der Waals surface area contributed by atoms with Crippen molar-refractivity contribution in [2.75, 3.05) is 12.4 Å². The Bertz CT molecular complexity index is 878. The van der Waals surface area contributed by atoms with E-state index >= 15 is 0 Å². The summed E-state index contributed by atoms with van der Waals surface area (Å²) in [6.07, 6.45) is 2.81. The third-order valence-corrected chi connectivity index (χ3v) is 5.11. The zero-order valence-electron chi connectivity index (χ0n) is 14.1. The van der Waals surface area contributed by atoms with Gasteiger partial charge in [-0.25, -0.2) is 4.98 Å². The lowest BCUT2D eigenvalue weighted by molar-refractivity contribution is 0.284. The number of nitrogens with zero attached hydrogens (tertiary/aromatic N) is 2. The number of hydrogen-bond acceptors (Lipinski definition) is 4. The Kier molecular flexibility index (Phi) is 6.25. The molecule has 3 aromatic rings. The van der Waals surface area contributed by atoms with Gasteiger partial charge in [-0.1, -0.05) is 60.6 Å². The number of benzene rings is 2. The fraction of sp³-hybridized carbons (Fsp3) is 0.300. The third kappa shape index (κ3) is 4.50. The first kappa shape index (κ1) is 17.7. The molecule has 4 nitrogen and oxygen atoms in total. The molecule has 130 valence electrons. The first-order chi connectivity index (χ1) is 12.3. The topological polar surface area (TPSA) is 55.1 Å². The quantitative estimate of drug-likeness (QED) is 0.381. The van der Waals surface area contributed by atoms with Crippen LogP contribution < -0.4 is 5.56 Å². The second-order valence-corrected chi connectivity index (χ2v) is 6.98. The maximum Gasteiger partial charge on any atom is 0.262 e. The Balaban J connectivity index is 1.91. The maximum absolute atomic E-state index is 13.0. The first-order valence-electron chi connectivity index (χ1n) is 8.57. The van der Waals surface area contributed by atoms with Gasteiger partial charge in [-0.05, 0) is 30.5 Å². The van der Waals surface area contributed by atoms with E-state index in [2.05, 4.69) is 0 Å². The Morgan fingerprint density at radius 1 is 0.960 bits per heavy atom. The van der Waals surface area contributed by atoms with Crippen LogP contribution in [0.25, 0.3) is 10.9 Å². The predicted molar refractivity (Wildman–Crippen MR) is 103 cm³/mol. The van der Waals surface area contributed by atoms with Crippen molar-refractivity contribution in [2.45, 2.75) is 31.0 Å². The average molecular weight is 354 g/mol. The molecule has 0 saturated heterocycles. The summed E-state index contributed by atoms with van der Waals surface area (Å²) in [5.41, 5.74) is 1.84. The molecular weight excluding hydrogens is 332 g/mol. The molecular formula is C20H22N2O2S. The first-order valence-corrected chi connectivity index (χ1v) is 9.55. The van der Waals surface area contributed by atoms with E-state index in [1.54, 1.807) is 16.3 Å². The highest BCUT2D eigenvalue weighted by Gasteiger charge is 2.11. The molecule has 0 fully saturated rings. The van der Waals surface area contributed by atoms with Crippen molar-refractivity contribution in [3.05, 3.63) is 70.5 Å². The normalized spacial score (nSPS) is 11.1. The number of rotatable bonds is 8. The number of unbranched alkanes of at least 4 members (excludes halogenated alkanes) is 2. The van der Waals surface area contributed by atoms with Gasteiger partial charge in [0.25, 0.3) is 5.56 Å². The number of aliphatic hydroxyl groups is 1. The van der Waals surface area contributed by atoms with Gasteiger partial charge in [0.15, 0.2) is 5.16 Å². The summed E-state index contributed by atoms with van der Waals surface area (Å²) < 4.78 is 1.77. The van der Waals surface area contributed by atoms with Crippen LogP contribution in [0, 0.1) is 0 Å². The summed E-state index contributed by atoms with van der Waals surface area (Å²) in [7, 11) is 0. The maximum atomic E-state index is 13.0. The number of fused-ring (bicyclic) bond motifs is 1. The minimum Gasteiger partial charge on any atom is -0.396 e. The fourth-order valence-corrected chi connectivity index (χ4v) is 3.71. The zero-order chi connectivity index (χ0) is 17.5. The standard InChI is InChI=1S/C20H22N2O2S/c23-13-7-2-8-14-25-20-21-18-12-6-5-11-17(18)19(24)22(20)15-16-9-3-1-4-10-16/h1,3-6,9-12,23H,2,7-8,13-15H2. The van der Waals surface area contributed by atoms with Gasteiger partial charge in [-0.2, -0.15) is 0 Å². The second kappa shape index (κ2) is 8.83. The molecule has 0 radical (unpaired) electrons. The smallest absolute Gasteiger partial charge is 0.262 e. The number of thioether (sulfide) groups is 1. The Hall–Kier alpha value is -2.11. The lowest BCUT2D eigenvalue weighted by Crippen LogP contribution is -2.24. The Morgan fingerprint density at radius 2 is 1.72 bits per heavy atom. The van der Waals surface area contributed by atoms with E-state index < -0.39 is 0 Å². The molecule has 0 unspecified atom stereocenters. The van der Waals surface area contributed by atoms with Crippen LogP contribution in [-0.4, -0.2) is 27.0 Å². The molecule has 0 aliphatic heterocycles. The van der Waals surface area contributed by atoms with Gasteiger partial charge in [0.05, 0.1) is 17.4 Å². The highest BCUT2D eigenvalue weighted by atomic mass is 32.2. The molecule has 5 heteroatoms. The summed E-state index contributed by atoms with van der Waals surface area (Å²) in [6, 6.07) is 17.5. The highest BCUT2D eigenvalue weighted by molar-refractivity contribution is 7.99. The summed E-state index contributed by atoms with van der Waals surface area (Å²) in [4.78, 5) is 17.7. The lowest BCUT2D eigenvalue weighted by Gasteiger charge is -2.13. The summed E-state index contributed by atoms with van der Waals surface area (Å²) in [5, 5.41) is 10.3. The molecule has 1 heterocycles. The van der Waals surface area contributed by atoms with Crippen LogP contribution in [0.3, 0.4) is 0 Å². The van der Waals surface area contributed by atoms with E-state index in [1.807, 2.05) is 54.6 Å². The van der Waals surface area contributed by atoms with Crippen molar-refractivity contribution in [2.24, 2.45) is 0 Å². The van der Waals surface area contributed by atoms with Crippen molar-refractivity contribution in [1.29, 1.82) is 0 Å². The van der Waals surface area contributed by atoms with Crippen LogP contribution in [0.5, 0.6) is 0 Å². The molecule has 0 aliphatic rings. The van der Waals surface area contributed by atoms with Crippen molar-refractivity contribution < 1.29 is 5.11 Å². The van der Waals surface area contributed by atoms with Gasteiger partial charge in [-0.3, -0.25) is 9.36 Å². The number of hydrogen-bond donors (Lipinski definition) is 1. The number of para-hydroxylation sites is 1. The molecule has 0 aliphatic carbocycles. The van der Waals surface area contributed by atoms with Crippen LogP contribution in [0.15, 0.2) is 64.5 Å². The summed E-state index contributed by atoms with van der Waals surface area (Å²) in [5.74, 6) is 0.888. The van der Waals surface area contributed by atoms with Crippen molar-refractivity contribution >= 4 is 22.7 Å². The lowest BCUT2D eigenvalue weighted by atomic mass is 10.2.